The third-order valence-electron chi connectivity index (χ3n) is 3.52. The highest BCUT2D eigenvalue weighted by Gasteiger charge is 2.29. The Balaban J connectivity index is 2.86. The highest BCUT2D eigenvalue weighted by molar-refractivity contribution is 9.10. The van der Waals surface area contributed by atoms with Crippen LogP contribution < -0.4 is 9.47 Å². The monoisotopic (exact) mass is 406 g/mol. The zero-order valence-corrected chi connectivity index (χ0v) is 15.7. The van der Waals surface area contributed by atoms with Crippen LogP contribution in [0.1, 0.15) is 39.5 Å². The van der Waals surface area contributed by atoms with Crippen molar-refractivity contribution in [1.29, 1.82) is 0 Å². The molecule has 0 spiro atoms. The van der Waals surface area contributed by atoms with Gasteiger partial charge in [-0.15, -0.1) is 0 Å². The van der Waals surface area contributed by atoms with Crippen molar-refractivity contribution in [2.45, 2.75) is 39.5 Å². The molecule has 0 atom stereocenters. The van der Waals surface area contributed by atoms with Crippen molar-refractivity contribution >= 4 is 31.9 Å². The second kappa shape index (κ2) is 8.93. The molecule has 0 heterocycles. The van der Waals surface area contributed by atoms with Crippen molar-refractivity contribution in [3.8, 4) is 11.5 Å². The van der Waals surface area contributed by atoms with Crippen LogP contribution in [0.3, 0.4) is 0 Å². The minimum absolute atomic E-state index is 0.198. The van der Waals surface area contributed by atoms with Gasteiger partial charge in [-0.1, -0.05) is 48.7 Å². The summed E-state index contributed by atoms with van der Waals surface area (Å²) < 4.78 is 12.4. The Hall–Kier alpha value is -0.220. The van der Waals surface area contributed by atoms with Crippen molar-refractivity contribution in [2.24, 2.45) is 5.41 Å². The van der Waals surface area contributed by atoms with Crippen molar-refractivity contribution in [1.82, 2.24) is 0 Å². The number of rotatable bonds is 9. The molecule has 0 saturated heterocycles. The molecular formula is C16H24Br2O2. The lowest BCUT2D eigenvalue weighted by molar-refractivity contribution is 0.140. The summed E-state index contributed by atoms with van der Waals surface area (Å²) in [6.45, 7) is 5.16. The average Bonchev–Trinajstić information content (AvgIpc) is 2.46. The van der Waals surface area contributed by atoms with Crippen LogP contribution in [0.5, 0.6) is 11.5 Å². The highest BCUT2D eigenvalue weighted by Crippen LogP contribution is 2.38. The number of methoxy groups -OCH3 is 1. The Bertz CT molecular complexity index is 401. The van der Waals surface area contributed by atoms with E-state index in [4.69, 9.17) is 9.47 Å². The Kier molecular flexibility index (Phi) is 7.96. The second-order valence-electron chi connectivity index (χ2n) is 5.19. The van der Waals surface area contributed by atoms with Gasteiger partial charge in [0.25, 0.3) is 0 Å². The molecule has 4 heteroatoms. The molecule has 0 aliphatic heterocycles. The third-order valence-corrected chi connectivity index (χ3v) is 5.33. The first-order chi connectivity index (χ1) is 9.62. The van der Waals surface area contributed by atoms with Gasteiger partial charge in [-0.05, 0) is 40.9 Å². The SMILES string of the molecule is CCCC(CBr)(CCC)COc1c(Br)cccc1OC. The van der Waals surface area contributed by atoms with E-state index in [0.717, 1.165) is 21.3 Å². The molecule has 2 nitrogen and oxygen atoms in total. The van der Waals surface area contributed by atoms with Crippen LogP contribution in [0.25, 0.3) is 0 Å². The molecule has 0 aromatic heterocycles. The van der Waals surface area contributed by atoms with E-state index < -0.39 is 0 Å². The van der Waals surface area contributed by atoms with Crippen LogP contribution >= 0.6 is 31.9 Å². The van der Waals surface area contributed by atoms with Gasteiger partial charge in [-0.25, -0.2) is 0 Å². The molecule has 0 unspecified atom stereocenters. The van der Waals surface area contributed by atoms with Crippen molar-refractivity contribution in [2.75, 3.05) is 19.0 Å². The van der Waals surface area contributed by atoms with Gasteiger partial charge in [0.2, 0.25) is 0 Å². The Morgan fingerprint density at radius 1 is 1.15 bits per heavy atom. The molecule has 0 fully saturated rings. The van der Waals surface area contributed by atoms with Crippen LogP contribution in [0.15, 0.2) is 22.7 Å². The van der Waals surface area contributed by atoms with Gasteiger partial charge in [0.05, 0.1) is 18.2 Å². The molecule has 114 valence electrons. The van der Waals surface area contributed by atoms with Gasteiger partial charge in [0, 0.05) is 10.7 Å². The fraction of sp³-hybridized carbons (Fsp3) is 0.625. The molecule has 1 aromatic rings. The lowest BCUT2D eigenvalue weighted by atomic mass is 9.82. The first kappa shape index (κ1) is 17.8. The molecule has 1 aromatic carbocycles. The standard InChI is InChI=1S/C16H24Br2O2/c1-4-9-16(11-17,10-5-2)12-20-15-13(18)7-6-8-14(15)19-3/h6-8H,4-5,9-12H2,1-3H3. The topological polar surface area (TPSA) is 18.5 Å². The van der Waals surface area contributed by atoms with E-state index in [2.05, 4.69) is 45.7 Å². The van der Waals surface area contributed by atoms with E-state index >= 15 is 0 Å². The summed E-state index contributed by atoms with van der Waals surface area (Å²) in [5.74, 6) is 1.57. The number of para-hydroxylation sites is 1. The summed E-state index contributed by atoms with van der Waals surface area (Å²) in [5.41, 5.74) is 0.198. The summed E-state index contributed by atoms with van der Waals surface area (Å²) in [6.07, 6.45) is 4.67. The van der Waals surface area contributed by atoms with E-state index in [1.807, 2.05) is 18.2 Å². The van der Waals surface area contributed by atoms with E-state index in [1.165, 1.54) is 25.7 Å². The van der Waals surface area contributed by atoms with E-state index in [9.17, 15) is 0 Å². The van der Waals surface area contributed by atoms with Gasteiger partial charge < -0.3 is 9.47 Å². The molecule has 0 saturated carbocycles. The lowest BCUT2D eigenvalue weighted by Crippen LogP contribution is -2.30. The van der Waals surface area contributed by atoms with Crippen LogP contribution in [0, 0.1) is 5.41 Å². The maximum absolute atomic E-state index is 6.12. The van der Waals surface area contributed by atoms with Gasteiger partial charge in [0.1, 0.15) is 0 Å². The Morgan fingerprint density at radius 2 is 1.80 bits per heavy atom. The number of halogens is 2. The van der Waals surface area contributed by atoms with Gasteiger partial charge in [-0.3, -0.25) is 0 Å². The molecule has 20 heavy (non-hydrogen) atoms. The summed E-state index contributed by atoms with van der Waals surface area (Å²) >= 11 is 7.22. The van der Waals surface area contributed by atoms with E-state index in [0.29, 0.717) is 6.61 Å². The maximum atomic E-state index is 6.12. The second-order valence-corrected chi connectivity index (χ2v) is 6.61. The molecule has 0 amide bonds. The largest absolute Gasteiger partial charge is 0.493 e. The van der Waals surface area contributed by atoms with Gasteiger partial charge in [-0.2, -0.15) is 0 Å². The molecule has 0 N–H and O–H groups in total. The minimum Gasteiger partial charge on any atom is -0.493 e. The minimum atomic E-state index is 0.198. The Morgan fingerprint density at radius 3 is 2.30 bits per heavy atom. The molecule has 0 bridgehead atoms. The normalized spacial score (nSPS) is 11.4. The number of benzene rings is 1. The number of ether oxygens (including phenoxy) is 2. The van der Waals surface area contributed by atoms with Crippen LogP contribution in [0.4, 0.5) is 0 Å². The summed E-state index contributed by atoms with van der Waals surface area (Å²) in [6, 6.07) is 5.86. The molecule has 1 rings (SSSR count). The smallest absolute Gasteiger partial charge is 0.175 e. The first-order valence-corrected chi connectivity index (χ1v) is 9.05. The first-order valence-electron chi connectivity index (χ1n) is 7.13. The summed E-state index contributed by atoms with van der Waals surface area (Å²) in [4.78, 5) is 0. The predicted octanol–water partition coefficient (Wildman–Crippen LogP) is 5.82. The van der Waals surface area contributed by atoms with Gasteiger partial charge in [0.15, 0.2) is 11.5 Å². The molecule has 0 radical (unpaired) electrons. The van der Waals surface area contributed by atoms with Crippen LogP contribution in [-0.2, 0) is 0 Å². The Labute approximate surface area is 139 Å². The van der Waals surface area contributed by atoms with Crippen LogP contribution in [0.2, 0.25) is 0 Å². The zero-order chi connectivity index (χ0) is 15.0. The quantitative estimate of drug-likeness (QED) is 0.480. The number of hydrogen-bond donors (Lipinski definition) is 0. The molecule has 0 aliphatic carbocycles. The van der Waals surface area contributed by atoms with Crippen molar-refractivity contribution < 1.29 is 9.47 Å². The average molecular weight is 408 g/mol. The lowest BCUT2D eigenvalue weighted by Gasteiger charge is -2.31. The van der Waals surface area contributed by atoms with Crippen molar-refractivity contribution in [3.63, 3.8) is 0 Å². The van der Waals surface area contributed by atoms with Crippen LogP contribution in [-0.4, -0.2) is 19.0 Å². The third kappa shape index (κ3) is 4.66. The summed E-state index contributed by atoms with van der Waals surface area (Å²) in [5, 5.41) is 0.967. The predicted molar refractivity (Wildman–Crippen MR) is 92.2 cm³/mol. The fourth-order valence-corrected chi connectivity index (χ4v) is 3.70. The maximum Gasteiger partial charge on any atom is 0.175 e. The number of alkyl halides is 1. The number of hydrogen-bond acceptors (Lipinski definition) is 2. The summed E-state index contributed by atoms with van der Waals surface area (Å²) in [7, 11) is 1.67. The fourth-order valence-electron chi connectivity index (χ4n) is 2.52. The molecule has 0 aliphatic rings. The van der Waals surface area contributed by atoms with E-state index in [1.54, 1.807) is 7.11 Å². The van der Waals surface area contributed by atoms with Crippen molar-refractivity contribution in [3.05, 3.63) is 22.7 Å². The van der Waals surface area contributed by atoms with E-state index in [-0.39, 0.29) is 5.41 Å². The van der Waals surface area contributed by atoms with Gasteiger partial charge >= 0.3 is 0 Å². The highest BCUT2D eigenvalue weighted by atomic mass is 79.9. The molecular weight excluding hydrogens is 384 g/mol. The zero-order valence-electron chi connectivity index (χ0n) is 12.5.